The van der Waals surface area contributed by atoms with Gasteiger partial charge < -0.3 is 4.74 Å². The van der Waals surface area contributed by atoms with Crippen molar-refractivity contribution in [2.24, 2.45) is 0 Å². The molecule has 0 spiro atoms. The molecule has 84 valence electrons. The third-order valence-corrected chi connectivity index (χ3v) is 2.50. The summed E-state index contributed by atoms with van der Waals surface area (Å²) in [6.45, 7) is 5.92. The van der Waals surface area contributed by atoms with Crippen LogP contribution in [0.15, 0.2) is 24.3 Å². The minimum atomic E-state index is -0.515. The Morgan fingerprint density at radius 2 is 2.00 bits per heavy atom. The molecule has 0 radical (unpaired) electrons. The summed E-state index contributed by atoms with van der Waals surface area (Å²) < 4.78 is 5.01. The zero-order valence-corrected chi connectivity index (χ0v) is 9.91. The van der Waals surface area contributed by atoms with Crippen molar-refractivity contribution in [1.82, 2.24) is 0 Å². The van der Waals surface area contributed by atoms with E-state index in [-0.39, 0.29) is 0 Å². The molecule has 1 rings (SSSR count). The van der Waals surface area contributed by atoms with Crippen LogP contribution in [0.5, 0.6) is 5.75 Å². The first-order chi connectivity index (χ1) is 7.67. The van der Waals surface area contributed by atoms with Gasteiger partial charge in [0.2, 0.25) is 0 Å². The van der Waals surface area contributed by atoms with E-state index >= 15 is 0 Å². The molecule has 1 atom stereocenters. The second-order valence-electron chi connectivity index (χ2n) is 3.64. The predicted octanol–water partition coefficient (Wildman–Crippen LogP) is 3.13. The molecule has 2 nitrogen and oxygen atoms in total. The molecule has 0 fully saturated rings. The Kier molecular flexibility index (Phi) is 4.60. The molecular formula is C14H16O2. The van der Waals surface area contributed by atoms with Crippen molar-refractivity contribution in [2.75, 3.05) is 0 Å². The molecule has 0 aliphatic heterocycles. The quantitative estimate of drug-likeness (QED) is 0.336. The molecule has 0 saturated carbocycles. The van der Waals surface area contributed by atoms with Crippen LogP contribution in [-0.2, 0) is 4.79 Å². The number of carbonyl (C=O) groups excluding carboxylic acids is 1. The summed E-state index contributed by atoms with van der Waals surface area (Å²) >= 11 is 0. The first-order valence-electron chi connectivity index (χ1n) is 5.42. The van der Waals surface area contributed by atoms with Gasteiger partial charge >= 0.3 is 5.97 Å². The van der Waals surface area contributed by atoms with E-state index in [2.05, 4.69) is 25.7 Å². The largest absolute Gasteiger partial charge is 0.417 e. The number of rotatable bonds is 3. The maximum absolute atomic E-state index is 11.1. The Hall–Kier alpha value is -1.75. The van der Waals surface area contributed by atoms with E-state index in [0.717, 1.165) is 6.42 Å². The number of esters is 1. The first-order valence-corrected chi connectivity index (χ1v) is 5.42. The predicted molar refractivity (Wildman–Crippen MR) is 64.2 cm³/mol. The van der Waals surface area contributed by atoms with Crippen LogP contribution in [0.4, 0.5) is 0 Å². The van der Waals surface area contributed by atoms with Crippen molar-refractivity contribution in [3.63, 3.8) is 0 Å². The molecule has 0 amide bonds. The molecule has 0 N–H and O–H groups in total. The van der Waals surface area contributed by atoms with E-state index in [1.807, 2.05) is 12.1 Å². The molecule has 2 heteroatoms. The van der Waals surface area contributed by atoms with Crippen LogP contribution in [0, 0.1) is 11.8 Å². The van der Waals surface area contributed by atoms with E-state index in [9.17, 15) is 4.79 Å². The number of benzene rings is 1. The summed E-state index contributed by atoms with van der Waals surface area (Å²) in [6.07, 6.45) is 1.10. The van der Waals surface area contributed by atoms with Gasteiger partial charge in [0.1, 0.15) is 5.75 Å². The van der Waals surface area contributed by atoms with Gasteiger partial charge in [-0.1, -0.05) is 31.9 Å². The Balaban J connectivity index is 2.70. The van der Waals surface area contributed by atoms with Gasteiger partial charge in [-0.2, -0.15) is 0 Å². The van der Waals surface area contributed by atoms with Crippen LogP contribution < -0.4 is 4.74 Å². The maximum Gasteiger partial charge on any atom is 0.389 e. The fraction of sp³-hybridized carbons (Fsp3) is 0.357. The molecule has 0 bridgehead atoms. The SMILES string of the molecule is CC#CC(=O)Oc1ccc(C(C)CC)cc1. The molecular weight excluding hydrogens is 200 g/mol. The fourth-order valence-corrected chi connectivity index (χ4v) is 1.33. The third-order valence-electron chi connectivity index (χ3n) is 2.50. The smallest absolute Gasteiger partial charge is 0.389 e. The molecule has 0 aromatic heterocycles. The lowest BCUT2D eigenvalue weighted by Gasteiger charge is -2.09. The average molecular weight is 216 g/mol. The first kappa shape index (κ1) is 12.3. The molecule has 1 aromatic rings. The summed E-state index contributed by atoms with van der Waals surface area (Å²) in [6, 6.07) is 7.57. The van der Waals surface area contributed by atoms with Gasteiger partial charge in [0.15, 0.2) is 0 Å². The van der Waals surface area contributed by atoms with E-state index in [0.29, 0.717) is 11.7 Å². The Morgan fingerprint density at radius 1 is 1.38 bits per heavy atom. The summed E-state index contributed by atoms with van der Waals surface area (Å²) in [7, 11) is 0. The number of hydrogen-bond donors (Lipinski definition) is 0. The Bertz CT molecular complexity index is 407. The van der Waals surface area contributed by atoms with Crippen LogP contribution in [0.2, 0.25) is 0 Å². The molecule has 16 heavy (non-hydrogen) atoms. The summed E-state index contributed by atoms with van der Waals surface area (Å²) in [5.74, 6) is 5.39. The highest BCUT2D eigenvalue weighted by Crippen LogP contribution is 2.21. The van der Waals surface area contributed by atoms with Crippen molar-refractivity contribution in [3.8, 4) is 17.6 Å². The molecule has 0 aliphatic rings. The summed E-state index contributed by atoms with van der Waals surface area (Å²) in [5.41, 5.74) is 1.25. The fourth-order valence-electron chi connectivity index (χ4n) is 1.33. The number of hydrogen-bond acceptors (Lipinski definition) is 2. The lowest BCUT2D eigenvalue weighted by molar-refractivity contribution is -0.128. The highest BCUT2D eigenvalue weighted by atomic mass is 16.5. The van der Waals surface area contributed by atoms with Gasteiger partial charge in [-0.05, 0) is 37.0 Å². The van der Waals surface area contributed by atoms with Gasteiger partial charge in [0, 0.05) is 5.92 Å². The molecule has 0 saturated heterocycles. The van der Waals surface area contributed by atoms with Crippen molar-refractivity contribution < 1.29 is 9.53 Å². The van der Waals surface area contributed by atoms with Crippen molar-refractivity contribution in [3.05, 3.63) is 29.8 Å². The molecule has 0 heterocycles. The number of ether oxygens (including phenoxy) is 1. The minimum Gasteiger partial charge on any atom is -0.417 e. The van der Waals surface area contributed by atoms with Gasteiger partial charge in [0.05, 0.1) is 0 Å². The normalized spacial score (nSPS) is 11.2. The standard InChI is InChI=1S/C14H16O2/c1-4-6-14(15)16-13-9-7-12(8-10-13)11(3)5-2/h7-11H,5H2,1-3H3. The zero-order chi connectivity index (χ0) is 12.0. The molecule has 1 unspecified atom stereocenters. The maximum atomic E-state index is 11.1. The van der Waals surface area contributed by atoms with Gasteiger partial charge in [0.25, 0.3) is 0 Å². The van der Waals surface area contributed by atoms with Crippen molar-refractivity contribution in [1.29, 1.82) is 0 Å². The van der Waals surface area contributed by atoms with Gasteiger partial charge in [-0.25, -0.2) is 4.79 Å². The highest BCUT2D eigenvalue weighted by Gasteiger charge is 2.04. The molecule has 0 aliphatic carbocycles. The van der Waals surface area contributed by atoms with Crippen LogP contribution in [-0.4, -0.2) is 5.97 Å². The van der Waals surface area contributed by atoms with E-state index in [1.54, 1.807) is 19.1 Å². The summed E-state index contributed by atoms with van der Waals surface area (Å²) in [5, 5.41) is 0. The van der Waals surface area contributed by atoms with Crippen LogP contribution in [0.1, 0.15) is 38.7 Å². The second kappa shape index (κ2) is 5.97. The topological polar surface area (TPSA) is 26.3 Å². The van der Waals surface area contributed by atoms with Crippen LogP contribution in [0.25, 0.3) is 0 Å². The second-order valence-corrected chi connectivity index (χ2v) is 3.64. The Morgan fingerprint density at radius 3 is 2.50 bits per heavy atom. The van der Waals surface area contributed by atoms with Crippen molar-refractivity contribution in [2.45, 2.75) is 33.1 Å². The highest BCUT2D eigenvalue weighted by molar-refractivity contribution is 5.90. The minimum absolute atomic E-state index is 0.515. The summed E-state index contributed by atoms with van der Waals surface area (Å²) in [4.78, 5) is 11.1. The lowest BCUT2D eigenvalue weighted by Crippen LogP contribution is -2.04. The molecule has 1 aromatic carbocycles. The third kappa shape index (κ3) is 3.43. The van der Waals surface area contributed by atoms with E-state index < -0.39 is 5.97 Å². The zero-order valence-electron chi connectivity index (χ0n) is 9.91. The average Bonchev–Trinajstić information content (AvgIpc) is 2.29. The van der Waals surface area contributed by atoms with Crippen LogP contribution >= 0.6 is 0 Å². The lowest BCUT2D eigenvalue weighted by atomic mass is 9.99. The van der Waals surface area contributed by atoms with Gasteiger partial charge in [-0.3, -0.25) is 0 Å². The van der Waals surface area contributed by atoms with E-state index in [1.165, 1.54) is 5.56 Å². The van der Waals surface area contributed by atoms with Crippen LogP contribution in [0.3, 0.4) is 0 Å². The van der Waals surface area contributed by atoms with Gasteiger partial charge in [-0.15, -0.1) is 0 Å². The monoisotopic (exact) mass is 216 g/mol. The Labute approximate surface area is 96.6 Å². The van der Waals surface area contributed by atoms with Crippen molar-refractivity contribution >= 4 is 5.97 Å². The number of carbonyl (C=O) groups is 1. The van der Waals surface area contributed by atoms with E-state index in [4.69, 9.17) is 4.74 Å².